The van der Waals surface area contributed by atoms with E-state index in [9.17, 15) is 5.11 Å². The quantitative estimate of drug-likeness (QED) is 0.836. The Hall–Kier alpha value is -0.0600. The average Bonchev–Trinajstić information content (AvgIpc) is 1.97. The first-order valence-electron chi connectivity index (χ1n) is 3.33. The number of aryl methyl sites for hydroxylation is 1. The van der Waals surface area contributed by atoms with Crippen molar-refractivity contribution in [3.05, 3.63) is 27.7 Å². The van der Waals surface area contributed by atoms with E-state index in [1.807, 2.05) is 13.0 Å². The van der Waals surface area contributed by atoms with Crippen molar-refractivity contribution in [1.82, 2.24) is 0 Å². The number of aromatic hydroxyl groups is 1. The summed E-state index contributed by atoms with van der Waals surface area (Å²) in [5.41, 5.74) is 7.21. The molecule has 0 amide bonds. The van der Waals surface area contributed by atoms with Gasteiger partial charge in [-0.05, 0) is 30.2 Å². The van der Waals surface area contributed by atoms with Crippen molar-refractivity contribution >= 4 is 32.9 Å². The molecule has 0 saturated heterocycles. The summed E-state index contributed by atoms with van der Waals surface area (Å²) in [7, 11) is 0. The summed E-state index contributed by atoms with van der Waals surface area (Å²) in [5, 5.41) is 9.28. The minimum atomic E-state index is 0. The van der Waals surface area contributed by atoms with Gasteiger partial charge in [0, 0.05) is 11.0 Å². The number of phenolic OH excluding ortho intramolecular Hbond substituents is 1. The normalized spacial score (nSPS) is 9.25. The second kappa shape index (κ2) is 4.84. The molecule has 12 heavy (non-hydrogen) atoms. The van der Waals surface area contributed by atoms with E-state index in [2.05, 4.69) is 15.9 Å². The smallest absolute Gasteiger partial charge is 0.118 e. The first kappa shape index (κ1) is 11.9. The zero-order valence-electron chi connectivity index (χ0n) is 6.67. The van der Waals surface area contributed by atoms with Crippen LogP contribution in [0.1, 0.15) is 11.1 Å². The number of hydrogen-bond acceptors (Lipinski definition) is 2. The SMILES string of the molecule is Br.Cc1cc(Br)c(CN)cc1O. The van der Waals surface area contributed by atoms with Gasteiger partial charge in [0.25, 0.3) is 0 Å². The maximum Gasteiger partial charge on any atom is 0.118 e. The Morgan fingerprint density at radius 2 is 2.08 bits per heavy atom. The van der Waals surface area contributed by atoms with Crippen LogP contribution in [0.25, 0.3) is 0 Å². The van der Waals surface area contributed by atoms with Crippen LogP contribution in [0, 0.1) is 6.92 Å². The van der Waals surface area contributed by atoms with Crippen LogP contribution in [-0.4, -0.2) is 5.11 Å². The number of halogens is 2. The van der Waals surface area contributed by atoms with Crippen LogP contribution >= 0.6 is 32.9 Å². The molecule has 0 atom stereocenters. The van der Waals surface area contributed by atoms with Gasteiger partial charge in [0.2, 0.25) is 0 Å². The van der Waals surface area contributed by atoms with Crippen LogP contribution in [0.3, 0.4) is 0 Å². The van der Waals surface area contributed by atoms with E-state index in [1.54, 1.807) is 6.07 Å². The number of rotatable bonds is 1. The third-order valence-corrected chi connectivity index (χ3v) is 2.32. The largest absolute Gasteiger partial charge is 0.508 e. The molecular weight excluding hydrogens is 286 g/mol. The Morgan fingerprint density at radius 3 is 2.58 bits per heavy atom. The van der Waals surface area contributed by atoms with Crippen molar-refractivity contribution in [3.63, 3.8) is 0 Å². The van der Waals surface area contributed by atoms with E-state index in [1.165, 1.54) is 0 Å². The van der Waals surface area contributed by atoms with Crippen molar-refractivity contribution in [2.75, 3.05) is 0 Å². The Morgan fingerprint density at radius 1 is 1.50 bits per heavy atom. The summed E-state index contributed by atoms with van der Waals surface area (Å²) in [6.07, 6.45) is 0. The van der Waals surface area contributed by atoms with Gasteiger partial charge in [0.1, 0.15) is 5.75 Å². The maximum atomic E-state index is 9.28. The van der Waals surface area contributed by atoms with Crippen molar-refractivity contribution in [2.24, 2.45) is 5.73 Å². The Kier molecular flexibility index (Phi) is 4.82. The predicted molar refractivity (Wildman–Crippen MR) is 58.8 cm³/mol. The van der Waals surface area contributed by atoms with Gasteiger partial charge in [-0.3, -0.25) is 0 Å². The van der Waals surface area contributed by atoms with Gasteiger partial charge in [0.15, 0.2) is 0 Å². The second-order valence-electron chi connectivity index (χ2n) is 2.43. The molecule has 0 radical (unpaired) electrons. The highest BCUT2D eigenvalue weighted by Crippen LogP contribution is 2.25. The highest BCUT2D eigenvalue weighted by Gasteiger charge is 2.01. The lowest BCUT2D eigenvalue weighted by Crippen LogP contribution is -1.97. The van der Waals surface area contributed by atoms with Gasteiger partial charge < -0.3 is 10.8 Å². The van der Waals surface area contributed by atoms with E-state index < -0.39 is 0 Å². The lowest BCUT2D eigenvalue weighted by molar-refractivity contribution is 0.470. The zero-order chi connectivity index (χ0) is 8.43. The van der Waals surface area contributed by atoms with Crippen molar-refractivity contribution in [2.45, 2.75) is 13.5 Å². The van der Waals surface area contributed by atoms with Crippen molar-refractivity contribution in [3.8, 4) is 5.75 Å². The number of benzene rings is 1. The molecule has 0 saturated carbocycles. The minimum Gasteiger partial charge on any atom is -0.508 e. The molecule has 0 spiro atoms. The monoisotopic (exact) mass is 295 g/mol. The standard InChI is InChI=1S/C8H10BrNO.BrH/c1-5-2-7(9)6(4-10)3-8(5)11;/h2-3,11H,4,10H2,1H3;1H. The average molecular weight is 297 g/mol. The fourth-order valence-corrected chi connectivity index (χ4v) is 1.48. The fraction of sp³-hybridized carbons (Fsp3) is 0.250. The second-order valence-corrected chi connectivity index (χ2v) is 3.29. The van der Waals surface area contributed by atoms with Gasteiger partial charge in [-0.1, -0.05) is 15.9 Å². The molecule has 1 aromatic carbocycles. The van der Waals surface area contributed by atoms with Gasteiger partial charge in [-0.2, -0.15) is 0 Å². The highest BCUT2D eigenvalue weighted by molar-refractivity contribution is 9.10. The molecule has 2 nitrogen and oxygen atoms in total. The summed E-state index contributed by atoms with van der Waals surface area (Å²) >= 11 is 3.35. The van der Waals surface area contributed by atoms with E-state index >= 15 is 0 Å². The molecule has 1 rings (SSSR count). The number of phenols is 1. The maximum absolute atomic E-state index is 9.28. The third kappa shape index (κ3) is 2.47. The summed E-state index contributed by atoms with van der Waals surface area (Å²) < 4.78 is 0.954. The summed E-state index contributed by atoms with van der Waals surface area (Å²) in [4.78, 5) is 0. The van der Waals surface area contributed by atoms with E-state index in [0.717, 1.165) is 15.6 Å². The molecular formula is C8H11Br2NO. The summed E-state index contributed by atoms with van der Waals surface area (Å²) in [6, 6.07) is 3.54. The topological polar surface area (TPSA) is 46.2 Å². The fourth-order valence-electron chi connectivity index (χ4n) is 0.861. The molecule has 1 aromatic rings. The van der Waals surface area contributed by atoms with Crippen LogP contribution in [0.15, 0.2) is 16.6 Å². The van der Waals surface area contributed by atoms with E-state index in [-0.39, 0.29) is 17.0 Å². The molecule has 0 bridgehead atoms. The minimum absolute atomic E-state index is 0. The Labute approximate surface area is 90.7 Å². The van der Waals surface area contributed by atoms with Gasteiger partial charge in [-0.25, -0.2) is 0 Å². The van der Waals surface area contributed by atoms with Gasteiger partial charge in [0.05, 0.1) is 0 Å². The third-order valence-electron chi connectivity index (χ3n) is 1.58. The van der Waals surface area contributed by atoms with Crippen LogP contribution in [0.5, 0.6) is 5.75 Å². The van der Waals surface area contributed by atoms with Crippen LogP contribution in [0.4, 0.5) is 0 Å². The summed E-state index contributed by atoms with van der Waals surface area (Å²) in [5.74, 6) is 0.300. The molecule has 0 aliphatic rings. The number of hydrogen-bond donors (Lipinski definition) is 2. The van der Waals surface area contributed by atoms with E-state index in [4.69, 9.17) is 5.73 Å². The number of nitrogens with two attached hydrogens (primary N) is 1. The summed E-state index contributed by atoms with van der Waals surface area (Å²) in [6.45, 7) is 2.29. The lowest BCUT2D eigenvalue weighted by atomic mass is 10.1. The van der Waals surface area contributed by atoms with Crippen molar-refractivity contribution in [1.29, 1.82) is 0 Å². The molecule has 0 fully saturated rings. The highest BCUT2D eigenvalue weighted by atomic mass is 79.9. The molecule has 4 heteroatoms. The predicted octanol–water partition coefficient (Wildman–Crippen LogP) is 2.50. The van der Waals surface area contributed by atoms with Crippen LogP contribution < -0.4 is 5.73 Å². The molecule has 0 aliphatic heterocycles. The molecule has 0 aromatic heterocycles. The van der Waals surface area contributed by atoms with Crippen LogP contribution in [-0.2, 0) is 6.54 Å². The first-order valence-corrected chi connectivity index (χ1v) is 4.12. The Bertz CT molecular complexity index is 276. The van der Waals surface area contributed by atoms with Gasteiger partial charge >= 0.3 is 0 Å². The molecule has 3 N–H and O–H groups in total. The molecule has 0 unspecified atom stereocenters. The van der Waals surface area contributed by atoms with E-state index in [0.29, 0.717) is 12.3 Å². The zero-order valence-corrected chi connectivity index (χ0v) is 9.97. The molecule has 68 valence electrons. The van der Waals surface area contributed by atoms with Crippen LogP contribution in [0.2, 0.25) is 0 Å². The van der Waals surface area contributed by atoms with Gasteiger partial charge in [-0.15, -0.1) is 17.0 Å². The Balaban J connectivity index is 0.00000121. The first-order chi connectivity index (χ1) is 5.15. The molecule has 0 aliphatic carbocycles. The lowest BCUT2D eigenvalue weighted by Gasteiger charge is -2.04. The molecule has 0 heterocycles. The van der Waals surface area contributed by atoms with Crippen molar-refractivity contribution < 1.29 is 5.11 Å².